The van der Waals surface area contributed by atoms with E-state index >= 15 is 0 Å². The Morgan fingerprint density at radius 3 is 2.96 bits per heavy atom. The molecule has 122 valence electrons. The number of carbonyl (C=O) groups excluding carboxylic acids is 1. The van der Waals surface area contributed by atoms with Gasteiger partial charge in [-0.15, -0.1) is 0 Å². The second kappa shape index (κ2) is 6.64. The minimum Gasteiger partial charge on any atom is -0.481 e. The summed E-state index contributed by atoms with van der Waals surface area (Å²) in [6, 6.07) is 1.66. The Balaban J connectivity index is 1.45. The van der Waals surface area contributed by atoms with Gasteiger partial charge in [-0.25, -0.2) is 0 Å². The van der Waals surface area contributed by atoms with Gasteiger partial charge in [-0.3, -0.25) is 9.59 Å². The van der Waals surface area contributed by atoms with Gasteiger partial charge in [-0.1, -0.05) is 5.16 Å². The minimum absolute atomic E-state index is 0.0622. The van der Waals surface area contributed by atoms with Crippen molar-refractivity contribution in [2.24, 2.45) is 5.92 Å². The van der Waals surface area contributed by atoms with Crippen molar-refractivity contribution < 1.29 is 23.6 Å². The molecule has 2 aromatic rings. The van der Waals surface area contributed by atoms with Crippen molar-refractivity contribution in [2.45, 2.75) is 38.1 Å². The second-order valence-corrected chi connectivity index (χ2v) is 5.64. The van der Waals surface area contributed by atoms with Crippen molar-refractivity contribution in [3.8, 4) is 11.4 Å². The first-order valence-corrected chi connectivity index (χ1v) is 7.49. The number of hydrogen-bond acceptors (Lipinski definition) is 6. The van der Waals surface area contributed by atoms with Crippen LogP contribution >= 0.6 is 0 Å². The quantitative estimate of drug-likeness (QED) is 0.830. The first-order chi connectivity index (χ1) is 11.1. The Kier molecular flexibility index (Phi) is 4.40. The molecule has 1 saturated carbocycles. The number of carbonyl (C=O) groups is 2. The molecule has 3 rings (SSSR count). The molecule has 8 heteroatoms. The van der Waals surface area contributed by atoms with Gasteiger partial charge >= 0.3 is 5.97 Å². The topological polar surface area (TPSA) is 118 Å². The zero-order valence-electron chi connectivity index (χ0n) is 12.4. The summed E-state index contributed by atoms with van der Waals surface area (Å²) in [7, 11) is 0. The molecule has 0 spiro atoms. The number of aryl methyl sites for hydroxylation is 1. The van der Waals surface area contributed by atoms with E-state index in [9.17, 15) is 9.59 Å². The van der Waals surface area contributed by atoms with Gasteiger partial charge in [0.15, 0.2) is 0 Å². The van der Waals surface area contributed by atoms with Crippen LogP contribution in [-0.4, -0.2) is 33.2 Å². The van der Waals surface area contributed by atoms with E-state index in [0.717, 1.165) is 5.56 Å². The van der Waals surface area contributed by atoms with Gasteiger partial charge in [0, 0.05) is 18.9 Å². The molecule has 2 N–H and O–H groups in total. The fourth-order valence-corrected chi connectivity index (χ4v) is 2.72. The summed E-state index contributed by atoms with van der Waals surface area (Å²) >= 11 is 0. The smallest absolute Gasteiger partial charge is 0.306 e. The van der Waals surface area contributed by atoms with Crippen LogP contribution in [0.3, 0.4) is 0 Å². The van der Waals surface area contributed by atoms with Gasteiger partial charge in [0.05, 0.1) is 17.7 Å². The highest BCUT2D eigenvalue weighted by Gasteiger charge is 2.30. The molecule has 2 atom stereocenters. The van der Waals surface area contributed by atoms with Crippen LogP contribution in [0.5, 0.6) is 0 Å². The molecule has 0 bridgehead atoms. The van der Waals surface area contributed by atoms with Crippen LogP contribution in [0.15, 0.2) is 27.5 Å². The second-order valence-electron chi connectivity index (χ2n) is 5.64. The predicted octanol–water partition coefficient (Wildman–Crippen LogP) is 1.63. The maximum Gasteiger partial charge on any atom is 0.306 e. The molecular formula is C15H17N3O5. The Morgan fingerprint density at radius 1 is 1.39 bits per heavy atom. The molecule has 0 unspecified atom stereocenters. The van der Waals surface area contributed by atoms with E-state index < -0.39 is 5.97 Å². The summed E-state index contributed by atoms with van der Waals surface area (Å²) in [5.74, 6) is -0.474. The number of hydrogen-bond donors (Lipinski definition) is 2. The number of aliphatic carboxylic acids is 1. The van der Waals surface area contributed by atoms with Crippen molar-refractivity contribution in [1.82, 2.24) is 15.5 Å². The number of amides is 1. The third-order valence-corrected chi connectivity index (χ3v) is 3.96. The summed E-state index contributed by atoms with van der Waals surface area (Å²) in [6.45, 7) is 0. The molecule has 1 aliphatic carbocycles. The van der Waals surface area contributed by atoms with Crippen LogP contribution in [0.1, 0.15) is 31.6 Å². The van der Waals surface area contributed by atoms with E-state index in [4.69, 9.17) is 14.0 Å². The summed E-state index contributed by atoms with van der Waals surface area (Å²) in [4.78, 5) is 27.0. The van der Waals surface area contributed by atoms with Crippen LogP contribution in [0.2, 0.25) is 0 Å². The van der Waals surface area contributed by atoms with Gasteiger partial charge in [-0.2, -0.15) is 4.98 Å². The number of carboxylic acid groups (broad SMARTS) is 1. The molecule has 1 aliphatic rings. The van der Waals surface area contributed by atoms with Gasteiger partial charge in [0.1, 0.15) is 6.26 Å². The number of aromatic nitrogens is 2. The van der Waals surface area contributed by atoms with Crippen molar-refractivity contribution in [1.29, 1.82) is 0 Å². The van der Waals surface area contributed by atoms with Gasteiger partial charge in [-0.05, 0) is 25.3 Å². The maximum atomic E-state index is 11.9. The minimum atomic E-state index is -0.792. The van der Waals surface area contributed by atoms with E-state index in [1.165, 1.54) is 12.5 Å². The average molecular weight is 319 g/mol. The molecule has 8 nitrogen and oxygen atoms in total. The third kappa shape index (κ3) is 3.77. The van der Waals surface area contributed by atoms with Gasteiger partial charge < -0.3 is 19.4 Å². The van der Waals surface area contributed by atoms with E-state index in [1.54, 1.807) is 6.07 Å². The van der Waals surface area contributed by atoms with Crippen LogP contribution in [0.25, 0.3) is 11.4 Å². The highest BCUT2D eigenvalue weighted by atomic mass is 16.5. The lowest BCUT2D eigenvalue weighted by molar-refractivity contribution is -0.141. The molecule has 0 radical (unpaired) electrons. The van der Waals surface area contributed by atoms with Crippen LogP contribution in [0.4, 0.5) is 0 Å². The third-order valence-electron chi connectivity index (χ3n) is 3.96. The molecule has 1 amide bonds. The maximum absolute atomic E-state index is 11.9. The van der Waals surface area contributed by atoms with Crippen molar-refractivity contribution in [3.05, 3.63) is 24.5 Å². The number of nitrogens with one attached hydrogen (secondary N) is 1. The molecule has 2 heterocycles. The number of nitrogens with zero attached hydrogens (tertiary/aromatic N) is 2. The Morgan fingerprint density at radius 2 is 2.26 bits per heavy atom. The molecule has 0 aromatic carbocycles. The van der Waals surface area contributed by atoms with Crippen molar-refractivity contribution >= 4 is 11.9 Å². The molecular weight excluding hydrogens is 302 g/mol. The molecule has 2 aromatic heterocycles. The standard InChI is InChI=1S/C15H17N3O5/c19-12(16-11-2-1-9(7-11)15(20)21)3-4-13-17-14(18-23-13)10-5-6-22-8-10/h5-6,8-9,11H,1-4,7H2,(H,16,19)(H,20,21)/t9-,11+/m0/s1. The number of rotatable bonds is 6. The summed E-state index contributed by atoms with van der Waals surface area (Å²) in [6.07, 6.45) is 5.40. The van der Waals surface area contributed by atoms with Crippen molar-refractivity contribution in [2.75, 3.05) is 0 Å². The highest BCUT2D eigenvalue weighted by Crippen LogP contribution is 2.25. The predicted molar refractivity (Wildman–Crippen MR) is 77.2 cm³/mol. The Bertz CT molecular complexity index is 679. The highest BCUT2D eigenvalue weighted by molar-refractivity contribution is 5.77. The normalized spacial score (nSPS) is 20.5. The first kappa shape index (κ1) is 15.3. The lowest BCUT2D eigenvalue weighted by Gasteiger charge is -2.11. The fourth-order valence-electron chi connectivity index (χ4n) is 2.72. The largest absolute Gasteiger partial charge is 0.481 e. The van der Waals surface area contributed by atoms with Gasteiger partial charge in [0.25, 0.3) is 0 Å². The Labute approximate surface area is 131 Å². The number of carboxylic acids is 1. The Hall–Kier alpha value is -2.64. The first-order valence-electron chi connectivity index (χ1n) is 7.49. The monoisotopic (exact) mass is 319 g/mol. The summed E-state index contributed by atoms with van der Waals surface area (Å²) in [5.41, 5.74) is 0.718. The molecule has 1 fully saturated rings. The molecule has 23 heavy (non-hydrogen) atoms. The van der Waals surface area contributed by atoms with Crippen LogP contribution < -0.4 is 5.32 Å². The molecule has 0 saturated heterocycles. The zero-order valence-corrected chi connectivity index (χ0v) is 12.4. The van der Waals surface area contributed by atoms with E-state index in [1.807, 2.05) is 0 Å². The van der Waals surface area contributed by atoms with Gasteiger partial charge in [0.2, 0.25) is 17.6 Å². The zero-order chi connectivity index (χ0) is 16.2. The number of furan rings is 1. The van der Waals surface area contributed by atoms with E-state index in [-0.39, 0.29) is 24.3 Å². The summed E-state index contributed by atoms with van der Waals surface area (Å²) < 4.78 is 10.0. The fraction of sp³-hybridized carbons (Fsp3) is 0.467. The van der Waals surface area contributed by atoms with Crippen LogP contribution in [-0.2, 0) is 16.0 Å². The average Bonchev–Trinajstić information content (AvgIpc) is 3.25. The van der Waals surface area contributed by atoms with Crippen LogP contribution in [0, 0.1) is 5.92 Å². The van der Waals surface area contributed by atoms with E-state index in [0.29, 0.717) is 37.4 Å². The lowest BCUT2D eigenvalue weighted by Crippen LogP contribution is -2.33. The SMILES string of the molecule is O=C(CCc1nc(-c2ccoc2)no1)N[C@@H]1CC[C@H](C(=O)O)C1. The van der Waals surface area contributed by atoms with E-state index in [2.05, 4.69) is 15.5 Å². The summed E-state index contributed by atoms with van der Waals surface area (Å²) in [5, 5.41) is 15.6. The van der Waals surface area contributed by atoms with Crippen molar-refractivity contribution in [3.63, 3.8) is 0 Å². The lowest BCUT2D eigenvalue weighted by atomic mass is 10.1. The molecule has 0 aliphatic heterocycles.